The Bertz CT molecular complexity index is 726. The summed E-state index contributed by atoms with van der Waals surface area (Å²) in [4.78, 5) is 8.23. The van der Waals surface area contributed by atoms with Crippen molar-refractivity contribution in [1.82, 2.24) is 20.2 Å². The Labute approximate surface area is 138 Å². The first-order chi connectivity index (χ1) is 11.0. The summed E-state index contributed by atoms with van der Waals surface area (Å²) in [5.41, 5.74) is 2.05. The molecule has 0 radical (unpaired) electrons. The molecule has 23 heavy (non-hydrogen) atoms. The number of methoxy groups -OCH3 is 2. The zero-order valence-electron chi connectivity index (χ0n) is 13.0. The Kier molecular flexibility index (Phi) is 4.32. The molecular weight excluding hydrogens is 320 g/mol. The Morgan fingerprint density at radius 2 is 2.09 bits per heavy atom. The summed E-state index contributed by atoms with van der Waals surface area (Å²) in [5.74, 6) is 0.753. The van der Waals surface area contributed by atoms with Crippen molar-refractivity contribution < 1.29 is 14.6 Å². The predicted molar refractivity (Wildman–Crippen MR) is 83.7 cm³/mol. The highest BCUT2D eigenvalue weighted by Gasteiger charge is 2.43. The Balaban J connectivity index is 1.98. The average molecular weight is 337 g/mol. The van der Waals surface area contributed by atoms with Gasteiger partial charge in [-0.15, -0.1) is 10.2 Å². The predicted octanol–water partition coefficient (Wildman–Crippen LogP) is 2.09. The fourth-order valence-electron chi connectivity index (χ4n) is 2.67. The molecule has 0 amide bonds. The van der Waals surface area contributed by atoms with Crippen molar-refractivity contribution in [1.29, 1.82) is 0 Å². The molecule has 0 spiro atoms. The van der Waals surface area contributed by atoms with Crippen molar-refractivity contribution in [3.63, 3.8) is 0 Å². The lowest BCUT2D eigenvalue weighted by atomic mass is 10.1. The van der Waals surface area contributed by atoms with Gasteiger partial charge in [-0.1, -0.05) is 11.6 Å². The molecule has 2 aromatic heterocycles. The van der Waals surface area contributed by atoms with Gasteiger partial charge in [-0.25, -0.2) is 4.98 Å². The van der Waals surface area contributed by atoms with Crippen molar-refractivity contribution >= 4 is 11.6 Å². The second kappa shape index (κ2) is 6.25. The lowest BCUT2D eigenvalue weighted by Crippen LogP contribution is -2.05. The molecule has 3 rings (SSSR count). The minimum absolute atomic E-state index is 0.196. The maximum absolute atomic E-state index is 9.71. The molecule has 8 heteroatoms. The van der Waals surface area contributed by atoms with Crippen molar-refractivity contribution in [2.24, 2.45) is 5.92 Å². The van der Waals surface area contributed by atoms with Crippen LogP contribution in [0, 0.1) is 5.92 Å². The lowest BCUT2D eigenvalue weighted by molar-refractivity contribution is 0.169. The third-order valence-corrected chi connectivity index (χ3v) is 4.31. The highest BCUT2D eigenvalue weighted by atomic mass is 35.5. The minimum Gasteiger partial charge on any atom is -0.480 e. The highest BCUT2D eigenvalue weighted by molar-refractivity contribution is 6.30. The molecule has 1 saturated carbocycles. The van der Waals surface area contributed by atoms with Crippen LogP contribution in [0.15, 0.2) is 12.3 Å². The third kappa shape index (κ3) is 3.07. The normalized spacial score (nSPS) is 20.9. The van der Waals surface area contributed by atoms with E-state index in [1.807, 2.05) is 6.07 Å². The molecule has 0 aromatic carbocycles. The summed E-state index contributed by atoms with van der Waals surface area (Å²) in [5, 5.41) is 18.2. The number of rotatable bonds is 5. The molecule has 1 aliphatic rings. The van der Waals surface area contributed by atoms with Crippen LogP contribution in [0.3, 0.4) is 0 Å². The van der Waals surface area contributed by atoms with Gasteiger partial charge in [0.1, 0.15) is 5.69 Å². The minimum atomic E-state index is -0.369. The van der Waals surface area contributed by atoms with E-state index in [1.54, 1.807) is 13.1 Å². The zero-order valence-corrected chi connectivity index (χ0v) is 13.8. The number of aliphatic hydroxyl groups excluding tert-OH is 1. The summed E-state index contributed by atoms with van der Waals surface area (Å²) in [6.45, 7) is 1.79. The van der Waals surface area contributed by atoms with E-state index in [-0.39, 0.29) is 24.0 Å². The monoisotopic (exact) mass is 336 g/mol. The molecule has 0 unspecified atom stereocenters. The summed E-state index contributed by atoms with van der Waals surface area (Å²) < 4.78 is 10.3. The van der Waals surface area contributed by atoms with Crippen LogP contribution in [0.5, 0.6) is 11.9 Å². The van der Waals surface area contributed by atoms with Gasteiger partial charge in [-0.05, 0) is 36.8 Å². The zero-order chi connectivity index (χ0) is 16.6. The highest BCUT2D eigenvalue weighted by Crippen LogP contribution is 2.51. The first kappa shape index (κ1) is 15.9. The van der Waals surface area contributed by atoms with Crippen molar-refractivity contribution in [2.45, 2.75) is 25.4 Å². The van der Waals surface area contributed by atoms with Crippen molar-refractivity contribution in [3.8, 4) is 23.1 Å². The number of hydrogen-bond donors (Lipinski definition) is 1. The topological polar surface area (TPSA) is 90.2 Å². The first-order valence-corrected chi connectivity index (χ1v) is 7.59. The summed E-state index contributed by atoms with van der Waals surface area (Å²) in [6, 6.07) is 2.07. The van der Waals surface area contributed by atoms with Gasteiger partial charge in [-0.2, -0.15) is 4.98 Å². The Morgan fingerprint density at radius 3 is 2.70 bits per heavy atom. The second-order valence-corrected chi connectivity index (χ2v) is 5.86. The van der Waals surface area contributed by atoms with Crippen LogP contribution < -0.4 is 9.47 Å². The Morgan fingerprint density at radius 1 is 1.30 bits per heavy atom. The number of ether oxygens (including phenoxy) is 2. The quantitative estimate of drug-likeness (QED) is 0.893. The van der Waals surface area contributed by atoms with E-state index in [1.165, 1.54) is 14.2 Å². The van der Waals surface area contributed by atoms with Gasteiger partial charge in [-0.3, -0.25) is 0 Å². The van der Waals surface area contributed by atoms with Crippen molar-refractivity contribution in [2.75, 3.05) is 14.2 Å². The Hall–Kier alpha value is -1.99. The molecule has 1 N–H and O–H groups in total. The largest absolute Gasteiger partial charge is 0.480 e. The van der Waals surface area contributed by atoms with Crippen LogP contribution in [0.25, 0.3) is 11.3 Å². The van der Waals surface area contributed by atoms with Crippen LogP contribution in [-0.4, -0.2) is 45.6 Å². The van der Waals surface area contributed by atoms with Crippen LogP contribution in [0.2, 0.25) is 5.15 Å². The van der Waals surface area contributed by atoms with Gasteiger partial charge in [0.25, 0.3) is 0 Å². The van der Waals surface area contributed by atoms with Crippen LogP contribution in [-0.2, 0) is 0 Å². The van der Waals surface area contributed by atoms with Gasteiger partial charge in [0.2, 0.25) is 5.88 Å². The van der Waals surface area contributed by atoms with Crippen LogP contribution in [0.1, 0.15) is 24.8 Å². The lowest BCUT2D eigenvalue weighted by Gasteiger charge is -2.10. The van der Waals surface area contributed by atoms with Gasteiger partial charge >= 0.3 is 6.01 Å². The maximum Gasteiger partial charge on any atom is 0.319 e. The number of aliphatic hydroxyl groups is 1. The molecular formula is C15H17ClN4O3. The standard InChI is InChI=1S/C15H17ClN4O3/c1-7(21)8-4-9(8)10-5-12(19-20-13(10)16)11-6-17-15(23-3)18-14(11)22-2/h5-9,21H,4H2,1-3H3/t7-,8+,9-/m0/s1. The van der Waals surface area contributed by atoms with E-state index in [2.05, 4.69) is 20.2 Å². The molecule has 3 atom stereocenters. The van der Waals surface area contributed by atoms with Gasteiger partial charge in [0.15, 0.2) is 5.15 Å². The van der Waals surface area contributed by atoms with Gasteiger partial charge in [0.05, 0.1) is 25.9 Å². The number of nitrogens with zero attached hydrogens (tertiary/aromatic N) is 4. The molecule has 7 nitrogen and oxygen atoms in total. The van der Waals surface area contributed by atoms with Crippen molar-refractivity contribution in [3.05, 3.63) is 23.0 Å². The van der Waals surface area contributed by atoms with Gasteiger partial charge < -0.3 is 14.6 Å². The summed E-state index contributed by atoms with van der Waals surface area (Å²) >= 11 is 6.17. The first-order valence-electron chi connectivity index (χ1n) is 7.21. The van der Waals surface area contributed by atoms with E-state index in [4.69, 9.17) is 21.1 Å². The molecule has 2 heterocycles. The third-order valence-electron chi connectivity index (χ3n) is 4.02. The van der Waals surface area contributed by atoms with E-state index < -0.39 is 0 Å². The number of halogens is 1. The summed E-state index contributed by atoms with van der Waals surface area (Å²) in [6.07, 6.45) is 2.09. The number of aromatic nitrogens is 4. The smallest absolute Gasteiger partial charge is 0.319 e. The molecule has 0 aliphatic heterocycles. The fraction of sp³-hybridized carbons (Fsp3) is 0.467. The summed E-state index contributed by atoms with van der Waals surface area (Å²) in [7, 11) is 3.00. The van der Waals surface area contributed by atoms with Gasteiger partial charge in [0, 0.05) is 6.20 Å². The molecule has 2 aromatic rings. The van der Waals surface area contributed by atoms with E-state index in [0.717, 1.165) is 12.0 Å². The van der Waals surface area contributed by atoms with Crippen LogP contribution >= 0.6 is 11.6 Å². The molecule has 122 valence electrons. The number of hydrogen-bond acceptors (Lipinski definition) is 7. The van der Waals surface area contributed by atoms with E-state index >= 15 is 0 Å². The van der Waals surface area contributed by atoms with E-state index in [0.29, 0.717) is 22.3 Å². The second-order valence-electron chi connectivity index (χ2n) is 5.50. The molecule has 0 bridgehead atoms. The fourth-order valence-corrected chi connectivity index (χ4v) is 2.90. The maximum atomic E-state index is 9.71. The molecule has 1 aliphatic carbocycles. The van der Waals surface area contributed by atoms with Crippen LogP contribution in [0.4, 0.5) is 0 Å². The molecule has 1 fully saturated rings. The molecule has 0 saturated heterocycles. The van der Waals surface area contributed by atoms with E-state index in [9.17, 15) is 5.11 Å². The average Bonchev–Trinajstić information content (AvgIpc) is 3.35. The SMILES string of the molecule is COc1ncc(-c2cc([C@H]3C[C@@H]3[C@H](C)O)c(Cl)nn2)c(OC)n1.